The van der Waals surface area contributed by atoms with Crippen LogP contribution in [0.4, 0.5) is 13.2 Å². The fourth-order valence-corrected chi connectivity index (χ4v) is 1.82. The van der Waals surface area contributed by atoms with Crippen molar-refractivity contribution in [1.29, 1.82) is 0 Å². The van der Waals surface area contributed by atoms with Crippen molar-refractivity contribution in [2.45, 2.75) is 11.3 Å². The van der Waals surface area contributed by atoms with E-state index >= 15 is 0 Å². The summed E-state index contributed by atoms with van der Waals surface area (Å²) < 4.78 is 60.4. The zero-order chi connectivity index (χ0) is 13.3. The molecule has 9 heteroatoms. The standard InChI is InChI=1S/C8H5F3O5S/c9-8(10,11)16-17(14,15)6-3-1-2-5(4-6)7(12)13/h1-4H,(H,12,13). The Kier molecular flexibility index (Phi) is 3.43. The average Bonchev–Trinajstić information content (AvgIpc) is 2.14. The summed E-state index contributed by atoms with van der Waals surface area (Å²) in [5.41, 5.74) is -0.461. The molecular formula is C8H5F3O5S. The number of alkyl halides is 3. The van der Waals surface area contributed by atoms with Crippen LogP contribution in [0.15, 0.2) is 29.2 Å². The van der Waals surface area contributed by atoms with Gasteiger partial charge in [0.25, 0.3) is 0 Å². The number of benzene rings is 1. The number of carboxylic acid groups (broad SMARTS) is 1. The molecule has 0 unspecified atom stereocenters. The quantitative estimate of drug-likeness (QED) is 0.844. The van der Waals surface area contributed by atoms with Gasteiger partial charge in [0, 0.05) is 0 Å². The predicted octanol–water partition coefficient (Wildman–Crippen LogP) is 1.61. The van der Waals surface area contributed by atoms with Gasteiger partial charge in [0.05, 0.1) is 10.5 Å². The molecule has 0 aromatic heterocycles. The van der Waals surface area contributed by atoms with Crippen LogP contribution in [0, 0.1) is 0 Å². The summed E-state index contributed by atoms with van der Waals surface area (Å²) in [6.07, 6.45) is -5.36. The number of carbonyl (C=O) groups is 1. The average molecular weight is 270 g/mol. The first-order chi connectivity index (χ1) is 7.62. The van der Waals surface area contributed by atoms with E-state index < -0.39 is 32.9 Å². The molecule has 0 saturated carbocycles. The Balaban J connectivity index is 3.16. The van der Waals surface area contributed by atoms with Crippen molar-refractivity contribution in [1.82, 2.24) is 0 Å². The van der Waals surface area contributed by atoms with Gasteiger partial charge in [0.1, 0.15) is 0 Å². The molecule has 0 aliphatic carbocycles. The smallest absolute Gasteiger partial charge is 0.478 e. The first kappa shape index (κ1) is 13.5. The first-order valence-corrected chi connectivity index (χ1v) is 5.38. The Morgan fingerprint density at radius 1 is 1.29 bits per heavy atom. The van der Waals surface area contributed by atoms with Crippen LogP contribution in [0.3, 0.4) is 0 Å². The number of aromatic carboxylic acids is 1. The van der Waals surface area contributed by atoms with Crippen LogP contribution in [0.1, 0.15) is 10.4 Å². The number of carboxylic acids is 1. The van der Waals surface area contributed by atoms with Crippen LogP contribution < -0.4 is 0 Å². The van der Waals surface area contributed by atoms with Crippen LogP contribution in [-0.4, -0.2) is 25.9 Å². The molecule has 0 saturated heterocycles. The highest BCUT2D eigenvalue weighted by molar-refractivity contribution is 7.86. The molecule has 0 amide bonds. The summed E-state index contributed by atoms with van der Waals surface area (Å²) >= 11 is 0. The molecule has 94 valence electrons. The van der Waals surface area contributed by atoms with Crippen LogP contribution in [-0.2, 0) is 14.3 Å². The highest BCUT2D eigenvalue weighted by Crippen LogP contribution is 2.24. The topological polar surface area (TPSA) is 80.7 Å². The summed E-state index contributed by atoms with van der Waals surface area (Å²) in [5, 5.41) is 8.55. The van der Waals surface area contributed by atoms with Crippen molar-refractivity contribution >= 4 is 16.1 Å². The lowest BCUT2D eigenvalue weighted by molar-refractivity contribution is -0.271. The van der Waals surface area contributed by atoms with Gasteiger partial charge in [-0.1, -0.05) is 6.07 Å². The third-order valence-corrected chi connectivity index (χ3v) is 2.81. The van der Waals surface area contributed by atoms with E-state index in [0.717, 1.165) is 18.2 Å². The lowest BCUT2D eigenvalue weighted by atomic mass is 10.2. The Hall–Kier alpha value is -1.61. The summed E-state index contributed by atoms with van der Waals surface area (Å²) in [6, 6.07) is 3.40. The minimum Gasteiger partial charge on any atom is -0.478 e. The van der Waals surface area contributed by atoms with Gasteiger partial charge in [0.15, 0.2) is 0 Å². The molecule has 0 aliphatic heterocycles. The number of halogens is 3. The van der Waals surface area contributed by atoms with Gasteiger partial charge < -0.3 is 5.11 Å². The second kappa shape index (κ2) is 4.34. The number of rotatable bonds is 3. The highest BCUT2D eigenvalue weighted by atomic mass is 32.2. The molecular weight excluding hydrogens is 265 g/mol. The van der Waals surface area contributed by atoms with Gasteiger partial charge in [-0.15, -0.1) is 13.2 Å². The van der Waals surface area contributed by atoms with E-state index in [1.165, 1.54) is 0 Å². The monoisotopic (exact) mass is 270 g/mol. The van der Waals surface area contributed by atoms with Crippen LogP contribution in [0.5, 0.6) is 0 Å². The van der Waals surface area contributed by atoms with Crippen molar-refractivity contribution in [3.8, 4) is 0 Å². The minimum atomic E-state index is -5.36. The molecule has 17 heavy (non-hydrogen) atoms. The molecule has 0 heterocycles. The molecule has 0 aliphatic rings. The summed E-state index contributed by atoms with van der Waals surface area (Å²) in [4.78, 5) is 9.63. The second-order valence-electron chi connectivity index (χ2n) is 2.82. The Morgan fingerprint density at radius 3 is 2.35 bits per heavy atom. The molecule has 1 aromatic carbocycles. The molecule has 0 atom stereocenters. The largest absolute Gasteiger partial charge is 0.537 e. The van der Waals surface area contributed by atoms with Gasteiger partial charge in [-0.25, -0.2) is 4.79 Å². The van der Waals surface area contributed by atoms with E-state index in [-0.39, 0.29) is 0 Å². The lowest BCUT2D eigenvalue weighted by Gasteiger charge is -2.08. The zero-order valence-corrected chi connectivity index (χ0v) is 8.75. The van der Waals surface area contributed by atoms with E-state index in [2.05, 4.69) is 4.18 Å². The van der Waals surface area contributed by atoms with E-state index in [1.807, 2.05) is 0 Å². The van der Waals surface area contributed by atoms with Crippen molar-refractivity contribution in [2.24, 2.45) is 0 Å². The van der Waals surface area contributed by atoms with E-state index in [9.17, 15) is 26.4 Å². The Labute approximate surface area is 93.6 Å². The molecule has 5 nitrogen and oxygen atoms in total. The molecule has 0 radical (unpaired) electrons. The van der Waals surface area contributed by atoms with Crippen LogP contribution in [0.2, 0.25) is 0 Å². The Morgan fingerprint density at radius 2 is 1.88 bits per heavy atom. The maximum atomic E-state index is 11.8. The number of hydrogen-bond acceptors (Lipinski definition) is 4. The van der Waals surface area contributed by atoms with Crippen molar-refractivity contribution < 1.29 is 35.7 Å². The molecule has 0 fully saturated rings. The molecule has 1 aromatic rings. The summed E-state index contributed by atoms with van der Waals surface area (Å²) in [7, 11) is -5.06. The molecule has 0 bridgehead atoms. The summed E-state index contributed by atoms with van der Waals surface area (Å²) in [6.45, 7) is 0. The highest BCUT2D eigenvalue weighted by Gasteiger charge is 2.37. The molecule has 0 spiro atoms. The third kappa shape index (κ3) is 3.71. The zero-order valence-electron chi connectivity index (χ0n) is 7.93. The fourth-order valence-electron chi connectivity index (χ4n) is 0.957. The van der Waals surface area contributed by atoms with Crippen molar-refractivity contribution in [2.75, 3.05) is 0 Å². The fraction of sp³-hybridized carbons (Fsp3) is 0.125. The van der Waals surface area contributed by atoms with Crippen molar-refractivity contribution in [3.63, 3.8) is 0 Å². The molecule has 1 N–H and O–H groups in total. The van der Waals surface area contributed by atoms with Gasteiger partial charge in [-0.3, -0.25) is 0 Å². The molecule has 1 rings (SSSR count). The third-order valence-electron chi connectivity index (χ3n) is 1.57. The first-order valence-electron chi connectivity index (χ1n) is 3.97. The maximum Gasteiger partial charge on any atom is 0.537 e. The van der Waals surface area contributed by atoms with E-state index in [4.69, 9.17) is 5.11 Å². The van der Waals surface area contributed by atoms with Crippen LogP contribution >= 0.6 is 0 Å². The Bertz CT molecular complexity index is 534. The number of hydrogen-bond donors (Lipinski definition) is 1. The maximum absolute atomic E-state index is 11.8. The van der Waals surface area contributed by atoms with Gasteiger partial charge in [0.2, 0.25) is 0 Å². The van der Waals surface area contributed by atoms with Crippen molar-refractivity contribution in [3.05, 3.63) is 29.8 Å². The normalized spacial score (nSPS) is 12.4. The van der Waals surface area contributed by atoms with Crippen LogP contribution in [0.25, 0.3) is 0 Å². The van der Waals surface area contributed by atoms with Gasteiger partial charge >= 0.3 is 22.4 Å². The lowest BCUT2D eigenvalue weighted by Crippen LogP contribution is -2.20. The van der Waals surface area contributed by atoms with Gasteiger partial charge in [-0.05, 0) is 18.2 Å². The van der Waals surface area contributed by atoms with E-state index in [1.54, 1.807) is 0 Å². The van der Waals surface area contributed by atoms with E-state index in [0.29, 0.717) is 6.07 Å². The SMILES string of the molecule is O=C(O)c1cccc(S(=O)(=O)OC(F)(F)F)c1. The second-order valence-corrected chi connectivity index (χ2v) is 4.36. The predicted molar refractivity (Wildman–Crippen MR) is 47.7 cm³/mol. The van der Waals surface area contributed by atoms with Gasteiger partial charge in [-0.2, -0.15) is 12.6 Å². The summed E-state index contributed by atoms with van der Waals surface area (Å²) in [5.74, 6) is -1.46. The minimum absolute atomic E-state index is 0.461.